The van der Waals surface area contributed by atoms with Crippen molar-refractivity contribution in [1.82, 2.24) is 5.43 Å². The summed E-state index contributed by atoms with van der Waals surface area (Å²) in [6.45, 7) is -0.285. The lowest BCUT2D eigenvalue weighted by atomic mass is 10.2. The fraction of sp³-hybridized carbons (Fsp3) is 0.176. The Balaban J connectivity index is 1.86. The lowest BCUT2D eigenvalue weighted by Crippen LogP contribution is -2.24. The molecule has 23 heavy (non-hydrogen) atoms. The molecular formula is C17H18N2O4. The Morgan fingerprint density at radius 2 is 2.00 bits per heavy atom. The van der Waals surface area contributed by atoms with Crippen LogP contribution < -0.4 is 14.9 Å². The zero-order valence-electron chi connectivity index (χ0n) is 12.7. The topological polar surface area (TPSA) is 80.1 Å². The number of amides is 1. The molecule has 0 aliphatic heterocycles. The van der Waals surface area contributed by atoms with Crippen LogP contribution in [0.1, 0.15) is 11.1 Å². The maximum Gasteiger partial charge on any atom is 0.277 e. The highest BCUT2D eigenvalue weighted by atomic mass is 16.5. The average Bonchev–Trinajstić information content (AvgIpc) is 2.60. The number of hydrogen-bond donors (Lipinski definition) is 2. The normalized spacial score (nSPS) is 10.5. The number of ether oxygens (including phenoxy) is 2. The van der Waals surface area contributed by atoms with Crippen LogP contribution >= 0.6 is 0 Å². The van der Waals surface area contributed by atoms with Gasteiger partial charge < -0.3 is 14.6 Å². The highest BCUT2D eigenvalue weighted by molar-refractivity contribution is 5.82. The van der Waals surface area contributed by atoms with Gasteiger partial charge in [0.05, 0.1) is 19.9 Å². The molecule has 2 rings (SSSR count). The van der Waals surface area contributed by atoms with Crippen LogP contribution in [0.5, 0.6) is 11.5 Å². The number of nitrogens with zero attached hydrogens (tertiary/aromatic N) is 1. The van der Waals surface area contributed by atoms with E-state index in [0.29, 0.717) is 17.1 Å². The quantitative estimate of drug-likeness (QED) is 0.602. The van der Waals surface area contributed by atoms with Crippen LogP contribution in [0.3, 0.4) is 0 Å². The molecule has 0 spiro atoms. The predicted molar refractivity (Wildman–Crippen MR) is 86.6 cm³/mol. The van der Waals surface area contributed by atoms with Crippen LogP contribution in [-0.2, 0) is 11.4 Å². The van der Waals surface area contributed by atoms with Gasteiger partial charge in [0.2, 0.25) is 0 Å². The van der Waals surface area contributed by atoms with Gasteiger partial charge in [-0.3, -0.25) is 4.79 Å². The van der Waals surface area contributed by atoms with E-state index in [2.05, 4.69) is 10.5 Å². The van der Waals surface area contributed by atoms with Crippen molar-refractivity contribution < 1.29 is 19.4 Å². The number of carbonyl (C=O) groups is 1. The fourth-order valence-corrected chi connectivity index (χ4v) is 1.82. The molecule has 2 N–H and O–H groups in total. The highest BCUT2D eigenvalue weighted by Gasteiger charge is 2.08. The summed E-state index contributed by atoms with van der Waals surface area (Å²) in [6, 6.07) is 14.4. The molecule has 2 aromatic carbocycles. The Labute approximate surface area is 134 Å². The van der Waals surface area contributed by atoms with E-state index in [0.717, 1.165) is 5.56 Å². The van der Waals surface area contributed by atoms with E-state index >= 15 is 0 Å². The van der Waals surface area contributed by atoms with Crippen LogP contribution in [0.25, 0.3) is 0 Å². The van der Waals surface area contributed by atoms with Gasteiger partial charge in [0.1, 0.15) is 0 Å². The van der Waals surface area contributed by atoms with E-state index in [-0.39, 0.29) is 19.1 Å². The van der Waals surface area contributed by atoms with Crippen molar-refractivity contribution in [2.75, 3.05) is 13.7 Å². The summed E-state index contributed by atoms with van der Waals surface area (Å²) >= 11 is 0. The Morgan fingerprint density at radius 1 is 1.22 bits per heavy atom. The van der Waals surface area contributed by atoms with Crippen molar-refractivity contribution in [3.8, 4) is 11.5 Å². The second-order valence-electron chi connectivity index (χ2n) is 4.64. The molecule has 0 saturated heterocycles. The number of rotatable bonds is 7. The molecule has 0 aliphatic rings. The monoisotopic (exact) mass is 314 g/mol. The first-order valence-electron chi connectivity index (χ1n) is 7.00. The molecule has 0 heterocycles. The molecule has 0 atom stereocenters. The lowest BCUT2D eigenvalue weighted by Gasteiger charge is -2.10. The highest BCUT2D eigenvalue weighted by Crippen LogP contribution is 2.27. The van der Waals surface area contributed by atoms with Crippen molar-refractivity contribution in [3.63, 3.8) is 0 Å². The second-order valence-corrected chi connectivity index (χ2v) is 4.64. The first-order valence-corrected chi connectivity index (χ1v) is 7.00. The van der Waals surface area contributed by atoms with Crippen molar-refractivity contribution >= 4 is 12.1 Å². The Morgan fingerprint density at radius 3 is 2.70 bits per heavy atom. The number of methoxy groups -OCH3 is 1. The zero-order valence-corrected chi connectivity index (χ0v) is 12.7. The number of nitrogens with one attached hydrogen (secondary N) is 1. The van der Waals surface area contributed by atoms with E-state index in [1.807, 2.05) is 30.3 Å². The molecule has 0 saturated carbocycles. The van der Waals surface area contributed by atoms with Crippen molar-refractivity contribution in [3.05, 3.63) is 59.7 Å². The van der Waals surface area contributed by atoms with Crippen molar-refractivity contribution in [2.24, 2.45) is 5.10 Å². The molecular weight excluding hydrogens is 296 g/mol. The standard InChI is InChI=1S/C17H18N2O4/c1-22-16-9-14(11-20)7-8-15(16)23-12-17(21)19-18-10-13-5-3-2-4-6-13/h2-10,20H,11-12H2,1H3,(H,19,21). The van der Waals surface area contributed by atoms with E-state index in [4.69, 9.17) is 14.6 Å². The Hall–Kier alpha value is -2.86. The zero-order chi connectivity index (χ0) is 16.5. The van der Waals surface area contributed by atoms with Crippen LogP contribution in [0, 0.1) is 0 Å². The summed E-state index contributed by atoms with van der Waals surface area (Å²) in [5, 5.41) is 12.9. The molecule has 0 aromatic heterocycles. The van der Waals surface area contributed by atoms with Gasteiger partial charge in [0, 0.05) is 0 Å². The van der Waals surface area contributed by atoms with Gasteiger partial charge in [-0.05, 0) is 23.3 Å². The third-order valence-corrected chi connectivity index (χ3v) is 2.97. The van der Waals surface area contributed by atoms with Crippen molar-refractivity contribution in [2.45, 2.75) is 6.61 Å². The number of aliphatic hydroxyl groups is 1. The van der Waals surface area contributed by atoms with Crippen LogP contribution in [-0.4, -0.2) is 30.9 Å². The Bertz CT molecular complexity index is 672. The van der Waals surface area contributed by atoms with Gasteiger partial charge in [0.15, 0.2) is 18.1 Å². The first kappa shape index (κ1) is 16.5. The Kier molecular flexibility index (Phi) is 6.14. The molecule has 1 amide bonds. The molecule has 0 unspecified atom stereocenters. The van der Waals surface area contributed by atoms with E-state index < -0.39 is 0 Å². The van der Waals surface area contributed by atoms with Gasteiger partial charge in [-0.2, -0.15) is 5.10 Å². The summed E-state index contributed by atoms with van der Waals surface area (Å²) in [5.41, 5.74) is 3.97. The number of hydrazone groups is 1. The SMILES string of the molecule is COc1cc(CO)ccc1OCC(=O)NN=Cc1ccccc1. The molecule has 0 fully saturated rings. The minimum atomic E-state index is -0.384. The first-order chi connectivity index (χ1) is 11.2. The largest absolute Gasteiger partial charge is 0.493 e. The predicted octanol–water partition coefficient (Wildman–Crippen LogP) is 1.72. The van der Waals surface area contributed by atoms with Crippen LogP contribution in [0.4, 0.5) is 0 Å². The smallest absolute Gasteiger partial charge is 0.277 e. The molecule has 6 heteroatoms. The van der Waals surface area contributed by atoms with Gasteiger partial charge in [-0.1, -0.05) is 36.4 Å². The summed E-state index contributed by atoms with van der Waals surface area (Å²) in [6.07, 6.45) is 1.55. The third-order valence-electron chi connectivity index (χ3n) is 2.97. The number of aliphatic hydroxyl groups excluding tert-OH is 1. The van der Waals surface area contributed by atoms with Gasteiger partial charge >= 0.3 is 0 Å². The summed E-state index contributed by atoms with van der Waals surface area (Å²) in [4.78, 5) is 11.7. The van der Waals surface area contributed by atoms with Crippen LogP contribution in [0.2, 0.25) is 0 Å². The summed E-state index contributed by atoms with van der Waals surface area (Å²) in [5.74, 6) is 0.495. The molecule has 0 aliphatic carbocycles. The minimum absolute atomic E-state index is 0.0919. The number of benzene rings is 2. The maximum absolute atomic E-state index is 11.7. The van der Waals surface area contributed by atoms with E-state index in [9.17, 15) is 4.79 Å². The molecule has 0 bridgehead atoms. The number of hydrogen-bond acceptors (Lipinski definition) is 5. The second kappa shape index (κ2) is 8.55. The molecule has 6 nitrogen and oxygen atoms in total. The van der Waals surface area contributed by atoms with Crippen molar-refractivity contribution in [1.29, 1.82) is 0 Å². The lowest BCUT2D eigenvalue weighted by molar-refractivity contribution is -0.123. The molecule has 2 aromatic rings. The molecule has 120 valence electrons. The average molecular weight is 314 g/mol. The van der Waals surface area contributed by atoms with E-state index in [1.54, 1.807) is 24.4 Å². The summed E-state index contributed by atoms with van der Waals surface area (Å²) < 4.78 is 10.6. The summed E-state index contributed by atoms with van der Waals surface area (Å²) in [7, 11) is 1.49. The minimum Gasteiger partial charge on any atom is -0.493 e. The third kappa shape index (κ3) is 5.12. The van der Waals surface area contributed by atoms with Gasteiger partial charge in [0.25, 0.3) is 5.91 Å². The van der Waals surface area contributed by atoms with Gasteiger partial charge in [-0.25, -0.2) is 5.43 Å². The molecule has 0 radical (unpaired) electrons. The van der Waals surface area contributed by atoms with Gasteiger partial charge in [-0.15, -0.1) is 0 Å². The van der Waals surface area contributed by atoms with Crippen LogP contribution in [0.15, 0.2) is 53.6 Å². The maximum atomic E-state index is 11.7. The van der Waals surface area contributed by atoms with E-state index in [1.165, 1.54) is 7.11 Å². The number of carbonyl (C=O) groups excluding carboxylic acids is 1. The fourth-order valence-electron chi connectivity index (χ4n) is 1.82.